The summed E-state index contributed by atoms with van der Waals surface area (Å²) >= 11 is 0. The van der Waals surface area contributed by atoms with Crippen molar-refractivity contribution in [3.8, 4) is 0 Å². The fourth-order valence-corrected chi connectivity index (χ4v) is 2.81. The minimum atomic E-state index is -0.137. The van der Waals surface area contributed by atoms with Gasteiger partial charge in [0.25, 0.3) is 0 Å². The van der Waals surface area contributed by atoms with Gasteiger partial charge < -0.3 is 0 Å². The van der Waals surface area contributed by atoms with Crippen molar-refractivity contribution in [3.05, 3.63) is 79.4 Å². The van der Waals surface area contributed by atoms with Gasteiger partial charge in [-0.15, -0.1) is 0 Å². The molecule has 0 N–H and O–H groups in total. The maximum atomic E-state index is 12.3. The minimum absolute atomic E-state index is 0.137. The summed E-state index contributed by atoms with van der Waals surface area (Å²) in [6, 6.07) is 14.8. The molecular weight excluding hydrogens is 224 g/mol. The molecule has 0 aromatic heterocycles. The molecule has 2 aliphatic rings. The van der Waals surface area contributed by atoms with Gasteiger partial charge in [0.1, 0.15) is 0 Å². The molecule has 84 valence electrons. The van der Waals surface area contributed by atoms with Crippen LogP contribution in [0.3, 0.4) is 0 Å². The molecular formula is C16H8O2. The lowest BCUT2D eigenvalue weighted by Crippen LogP contribution is -2.08. The highest BCUT2D eigenvalue weighted by molar-refractivity contribution is 5.96. The zero-order chi connectivity index (χ0) is 12.3. The molecule has 4 rings (SSSR count). The van der Waals surface area contributed by atoms with Crippen LogP contribution >= 0.6 is 0 Å². The smallest absolute Gasteiger partial charge is 0.198 e. The first-order valence-corrected chi connectivity index (χ1v) is 5.81. The van der Waals surface area contributed by atoms with E-state index in [4.69, 9.17) is 0 Å². The molecule has 0 aliphatic heterocycles. The van der Waals surface area contributed by atoms with Gasteiger partial charge in [-0.05, 0) is 10.8 Å². The molecule has 2 nitrogen and oxygen atoms in total. The summed E-state index contributed by atoms with van der Waals surface area (Å²) in [6.07, 6.45) is 0. The summed E-state index contributed by atoms with van der Waals surface area (Å²) in [5.41, 5.74) is -0.274. The molecule has 0 heterocycles. The highest BCUT2D eigenvalue weighted by Gasteiger charge is 2.15. The topological polar surface area (TPSA) is 34.1 Å². The molecule has 0 atom stereocenters. The zero-order valence-electron chi connectivity index (χ0n) is 9.44. The van der Waals surface area contributed by atoms with Crippen molar-refractivity contribution in [3.63, 3.8) is 0 Å². The average Bonchev–Trinajstić information content (AvgIpc) is 2.87. The maximum absolute atomic E-state index is 12.3. The lowest BCUT2D eigenvalue weighted by molar-refractivity contribution is 1.56. The summed E-state index contributed by atoms with van der Waals surface area (Å²) in [5, 5.41) is 4.22. The van der Waals surface area contributed by atoms with E-state index in [-0.39, 0.29) is 10.9 Å². The summed E-state index contributed by atoms with van der Waals surface area (Å²) in [7, 11) is 0. The fourth-order valence-electron chi connectivity index (χ4n) is 2.81. The van der Waals surface area contributed by atoms with Gasteiger partial charge in [0, 0.05) is 16.0 Å². The summed E-state index contributed by atoms with van der Waals surface area (Å²) in [4.78, 5) is 24.6. The van der Waals surface area contributed by atoms with Gasteiger partial charge in [-0.1, -0.05) is 48.5 Å². The minimum Gasteiger partial charge on any atom is -0.288 e. The van der Waals surface area contributed by atoms with Crippen LogP contribution in [0.1, 0.15) is 0 Å². The molecule has 2 aromatic rings. The van der Waals surface area contributed by atoms with Crippen molar-refractivity contribution >= 4 is 21.5 Å². The standard InChI is InChI=1S/C16H8O2/c17-15-11-7-3-1-5-9(11)13-10-6-2-4-8-12(10)16(18)14(13)15/h1-8H. The first kappa shape index (κ1) is 9.54. The number of benzene rings is 2. The normalized spacial score (nSPS) is 11.8. The third-order valence-electron chi connectivity index (χ3n) is 3.59. The number of hydrogen-bond donors (Lipinski definition) is 0. The van der Waals surface area contributed by atoms with E-state index < -0.39 is 0 Å². The number of rotatable bonds is 0. The molecule has 0 bridgehead atoms. The Balaban J connectivity index is 2.58. The Bertz CT molecular complexity index is 968. The van der Waals surface area contributed by atoms with E-state index in [9.17, 15) is 9.59 Å². The van der Waals surface area contributed by atoms with E-state index >= 15 is 0 Å². The van der Waals surface area contributed by atoms with Crippen LogP contribution in [0.5, 0.6) is 0 Å². The van der Waals surface area contributed by atoms with E-state index in [0.29, 0.717) is 16.0 Å². The van der Waals surface area contributed by atoms with Gasteiger partial charge >= 0.3 is 0 Å². The van der Waals surface area contributed by atoms with Crippen LogP contribution in [0.2, 0.25) is 0 Å². The molecule has 0 fully saturated rings. The van der Waals surface area contributed by atoms with Gasteiger partial charge in [-0.25, -0.2) is 0 Å². The molecule has 0 saturated carbocycles. The molecule has 2 heteroatoms. The predicted octanol–water partition coefficient (Wildman–Crippen LogP) is 2.31. The molecule has 2 aromatic carbocycles. The van der Waals surface area contributed by atoms with Gasteiger partial charge in [0.05, 0.1) is 5.22 Å². The number of fused-ring (bicyclic) bond motifs is 4. The summed E-state index contributed by atoms with van der Waals surface area (Å²) in [6.45, 7) is 0. The third kappa shape index (κ3) is 0.938. The molecule has 0 spiro atoms. The molecule has 18 heavy (non-hydrogen) atoms. The Morgan fingerprint density at radius 2 is 0.889 bits per heavy atom. The Labute approximate surface area is 101 Å². The van der Waals surface area contributed by atoms with Crippen LogP contribution in [0.15, 0.2) is 58.1 Å². The van der Waals surface area contributed by atoms with Crippen LogP contribution < -0.4 is 10.9 Å². The highest BCUT2D eigenvalue weighted by Crippen LogP contribution is 2.21. The zero-order valence-corrected chi connectivity index (χ0v) is 9.44. The quantitative estimate of drug-likeness (QED) is 0.466. The Hall–Kier alpha value is -2.48. The third-order valence-corrected chi connectivity index (χ3v) is 3.59. The van der Waals surface area contributed by atoms with Gasteiger partial charge in [-0.3, -0.25) is 9.59 Å². The monoisotopic (exact) mass is 232 g/mol. The van der Waals surface area contributed by atoms with Crippen LogP contribution in [0.25, 0.3) is 21.5 Å². The van der Waals surface area contributed by atoms with Gasteiger partial charge in [0.2, 0.25) is 0 Å². The number of hydrogen-bond acceptors (Lipinski definition) is 2. The largest absolute Gasteiger partial charge is 0.288 e. The fraction of sp³-hybridized carbons (Fsp3) is 0. The Morgan fingerprint density at radius 3 is 1.33 bits per heavy atom. The van der Waals surface area contributed by atoms with E-state index in [1.807, 2.05) is 36.4 Å². The lowest BCUT2D eigenvalue weighted by Gasteiger charge is -1.91. The van der Waals surface area contributed by atoms with Crippen molar-refractivity contribution < 1.29 is 0 Å². The Morgan fingerprint density at radius 1 is 0.500 bits per heavy atom. The van der Waals surface area contributed by atoms with Gasteiger partial charge in [0.15, 0.2) is 10.9 Å². The average molecular weight is 232 g/mol. The Kier molecular flexibility index (Phi) is 1.61. The molecule has 0 saturated heterocycles. The first-order valence-electron chi connectivity index (χ1n) is 5.81. The van der Waals surface area contributed by atoms with E-state index in [2.05, 4.69) is 0 Å². The van der Waals surface area contributed by atoms with Gasteiger partial charge in [-0.2, -0.15) is 0 Å². The lowest BCUT2D eigenvalue weighted by atomic mass is 10.1. The summed E-state index contributed by atoms with van der Waals surface area (Å²) < 4.78 is 0. The second kappa shape index (κ2) is 3.05. The van der Waals surface area contributed by atoms with Crippen LogP contribution in [0.4, 0.5) is 0 Å². The summed E-state index contributed by atoms with van der Waals surface area (Å²) in [5.74, 6) is 0. The van der Waals surface area contributed by atoms with Crippen LogP contribution in [-0.4, -0.2) is 0 Å². The molecule has 0 radical (unpaired) electrons. The molecule has 0 amide bonds. The van der Waals surface area contributed by atoms with E-state index in [1.165, 1.54) is 0 Å². The van der Waals surface area contributed by atoms with Crippen molar-refractivity contribution in [1.82, 2.24) is 0 Å². The molecule has 2 aliphatic carbocycles. The maximum Gasteiger partial charge on any atom is 0.198 e. The predicted molar refractivity (Wildman–Crippen MR) is 71.7 cm³/mol. The second-order valence-electron chi connectivity index (χ2n) is 4.50. The highest BCUT2D eigenvalue weighted by atomic mass is 16.1. The second-order valence-corrected chi connectivity index (χ2v) is 4.50. The van der Waals surface area contributed by atoms with Crippen LogP contribution in [0, 0.1) is 10.4 Å². The molecule has 0 unspecified atom stereocenters. The SMILES string of the molecule is O=c1c2c(=O)c3ccccc3c=2c2ccccc12. The van der Waals surface area contributed by atoms with Crippen molar-refractivity contribution in [2.45, 2.75) is 0 Å². The van der Waals surface area contributed by atoms with Crippen molar-refractivity contribution in [2.75, 3.05) is 0 Å². The van der Waals surface area contributed by atoms with E-state index in [0.717, 1.165) is 16.0 Å². The van der Waals surface area contributed by atoms with E-state index in [1.54, 1.807) is 12.1 Å². The van der Waals surface area contributed by atoms with Crippen molar-refractivity contribution in [2.24, 2.45) is 0 Å². The van der Waals surface area contributed by atoms with Crippen molar-refractivity contribution in [1.29, 1.82) is 0 Å². The first-order chi connectivity index (χ1) is 8.79. The van der Waals surface area contributed by atoms with Crippen LogP contribution in [-0.2, 0) is 0 Å².